The van der Waals surface area contributed by atoms with Gasteiger partial charge >= 0.3 is 0 Å². The first-order valence-corrected chi connectivity index (χ1v) is 7.63. The summed E-state index contributed by atoms with van der Waals surface area (Å²) >= 11 is 10.2. The molecule has 1 heterocycles. The molecule has 1 saturated heterocycles. The van der Waals surface area contributed by atoms with Gasteiger partial charge in [-0.05, 0) is 28.6 Å². The Morgan fingerprint density at radius 1 is 1.67 bits per heavy atom. The molecule has 0 spiro atoms. The van der Waals surface area contributed by atoms with Gasteiger partial charge in [-0.1, -0.05) is 10.8 Å². The third-order valence-corrected chi connectivity index (χ3v) is 7.24. The normalized spacial score (nSPS) is 31.7. The third kappa shape index (κ3) is 2.08. The van der Waals surface area contributed by atoms with E-state index in [1.165, 1.54) is 0 Å². The van der Waals surface area contributed by atoms with E-state index >= 15 is 0 Å². The molecule has 0 aromatic heterocycles. The number of hydrogen-bond donors (Lipinski definition) is 0. The highest BCUT2D eigenvalue weighted by Gasteiger charge is 2.20. The van der Waals surface area contributed by atoms with E-state index < -0.39 is 6.18 Å². The van der Waals surface area contributed by atoms with Crippen molar-refractivity contribution in [3.05, 3.63) is 0 Å². The predicted molar refractivity (Wildman–Crippen MR) is 51.7 cm³/mol. The van der Waals surface area contributed by atoms with Gasteiger partial charge in [0.15, 0.2) is 0 Å². The highest BCUT2D eigenvalue weighted by molar-refractivity contribution is 8.98. The van der Waals surface area contributed by atoms with Crippen LogP contribution in [0, 0.1) is 18.3 Å². The van der Waals surface area contributed by atoms with Crippen molar-refractivity contribution in [2.24, 2.45) is 5.92 Å². The molecule has 1 fully saturated rings. The summed E-state index contributed by atoms with van der Waals surface area (Å²) in [5.41, 5.74) is 0. The molecule has 1 atom stereocenters. The topological polar surface area (TPSA) is 0 Å². The van der Waals surface area contributed by atoms with Crippen LogP contribution in [0.5, 0.6) is 0 Å². The van der Waals surface area contributed by atoms with Crippen molar-refractivity contribution in [3.63, 3.8) is 0 Å². The molecule has 1 aliphatic rings. The Labute approximate surface area is 69.0 Å². The van der Waals surface area contributed by atoms with E-state index in [-0.39, 0.29) is 0 Å². The fraction of sp³-hybridized carbons (Fsp3) is 0.600. The molecule has 0 nitrogen and oxygen atoms in total. The molecule has 1 unspecified atom stereocenters. The van der Waals surface area contributed by atoms with Crippen LogP contribution in [0.3, 0.4) is 0 Å². The van der Waals surface area contributed by atoms with Gasteiger partial charge in [-0.2, -0.15) is 0 Å². The van der Waals surface area contributed by atoms with Gasteiger partial charge in [-0.3, -0.25) is 0 Å². The number of rotatable bonds is 0. The minimum atomic E-state index is -1.17. The molecular formula is C5H6S4. The molecule has 1 rings (SSSR count). The average Bonchev–Trinajstić information content (AvgIpc) is 2.10. The van der Waals surface area contributed by atoms with Crippen molar-refractivity contribution in [1.29, 1.82) is 0 Å². The van der Waals surface area contributed by atoms with E-state index in [9.17, 15) is 0 Å². The maximum absolute atomic E-state index is 5.21. The van der Waals surface area contributed by atoms with Crippen LogP contribution < -0.4 is 0 Å². The van der Waals surface area contributed by atoms with E-state index in [2.05, 4.69) is 5.92 Å². The first kappa shape index (κ1) is 7.80. The summed E-state index contributed by atoms with van der Waals surface area (Å²) in [6.45, 7) is 0. The Hall–Kier alpha value is 0.700. The Morgan fingerprint density at radius 2 is 2.33 bits per heavy atom. The maximum Gasteiger partial charge on any atom is 0.0403 e. The Balaban J connectivity index is 2.72. The zero-order valence-corrected chi connectivity index (χ0v) is 7.97. The molecule has 0 aromatic carbocycles. The lowest BCUT2D eigenvalue weighted by Crippen LogP contribution is -2.00. The summed E-state index contributed by atoms with van der Waals surface area (Å²) in [6, 6.07) is 0. The highest BCUT2D eigenvalue weighted by Crippen LogP contribution is 2.28. The van der Waals surface area contributed by atoms with Crippen molar-refractivity contribution in [2.75, 3.05) is 11.5 Å². The van der Waals surface area contributed by atoms with Crippen LogP contribution >= 0.6 is 10.8 Å². The molecule has 9 heavy (non-hydrogen) atoms. The van der Waals surface area contributed by atoms with Crippen molar-refractivity contribution in [3.8, 4) is 12.3 Å². The highest BCUT2D eigenvalue weighted by atomic mass is 33.5. The fourth-order valence-electron chi connectivity index (χ4n) is 0.625. The quantitative estimate of drug-likeness (QED) is 0.417. The second-order valence-electron chi connectivity index (χ2n) is 1.87. The second-order valence-corrected chi connectivity index (χ2v) is 11.6. The van der Waals surface area contributed by atoms with E-state index in [0.717, 1.165) is 11.5 Å². The largest absolute Gasteiger partial charge is 0.120 e. The Bertz CT molecular complexity index is 230. The Kier molecular flexibility index (Phi) is 2.38. The molecule has 0 amide bonds. The second kappa shape index (κ2) is 2.75. The smallest absolute Gasteiger partial charge is 0.0403 e. The van der Waals surface area contributed by atoms with Crippen molar-refractivity contribution in [2.45, 2.75) is 0 Å². The summed E-state index contributed by atoms with van der Waals surface area (Å²) in [5.74, 6) is 4.93. The van der Waals surface area contributed by atoms with Crippen LogP contribution in [0.4, 0.5) is 0 Å². The van der Waals surface area contributed by atoms with Crippen LogP contribution in [-0.4, -0.2) is 11.5 Å². The van der Waals surface area contributed by atoms with Crippen LogP contribution in [0.2, 0.25) is 0 Å². The summed E-state index contributed by atoms with van der Waals surface area (Å²) < 4.78 is 0. The van der Waals surface area contributed by atoms with Crippen LogP contribution in [0.15, 0.2) is 0 Å². The van der Waals surface area contributed by atoms with E-state index in [1.54, 1.807) is 10.8 Å². The van der Waals surface area contributed by atoms with Crippen LogP contribution in [0.1, 0.15) is 0 Å². The Morgan fingerprint density at radius 3 is 2.56 bits per heavy atom. The van der Waals surface area contributed by atoms with E-state index in [1.807, 2.05) is 0 Å². The summed E-state index contributed by atoms with van der Waals surface area (Å²) in [4.78, 5) is 0. The van der Waals surface area contributed by atoms with Crippen molar-refractivity contribution in [1.82, 2.24) is 0 Å². The molecule has 0 N–H and O–H groups in total. The first-order valence-electron chi connectivity index (χ1n) is 2.47. The lowest BCUT2D eigenvalue weighted by atomic mass is 10.2. The monoisotopic (exact) mass is 194 g/mol. The van der Waals surface area contributed by atoms with Crippen molar-refractivity contribution >= 4 is 39.3 Å². The molecule has 0 bridgehead atoms. The van der Waals surface area contributed by atoms with Gasteiger partial charge in [-0.25, -0.2) is 0 Å². The van der Waals surface area contributed by atoms with Gasteiger partial charge in [-0.15, -0.1) is 12.3 Å². The van der Waals surface area contributed by atoms with Gasteiger partial charge in [0.25, 0.3) is 0 Å². The fourth-order valence-corrected chi connectivity index (χ4v) is 6.04. The average molecular weight is 194 g/mol. The molecule has 1 aliphatic heterocycles. The molecule has 4 heteroatoms. The van der Waals surface area contributed by atoms with Crippen LogP contribution in [-0.2, 0) is 28.6 Å². The van der Waals surface area contributed by atoms with Gasteiger partial charge in [0.2, 0.25) is 0 Å². The molecular weight excluding hydrogens is 188 g/mol. The summed E-state index contributed by atoms with van der Waals surface area (Å²) in [7, 11) is 1.70. The van der Waals surface area contributed by atoms with E-state index in [0.29, 0.717) is 5.92 Å². The maximum atomic E-state index is 5.21. The SMILES string of the molecule is C#CC1CSS(=S)(=S)C1. The van der Waals surface area contributed by atoms with Gasteiger partial charge in [0.1, 0.15) is 0 Å². The molecule has 50 valence electrons. The molecule has 0 saturated carbocycles. The van der Waals surface area contributed by atoms with Gasteiger partial charge in [0, 0.05) is 17.4 Å². The van der Waals surface area contributed by atoms with Gasteiger partial charge in [0.05, 0.1) is 0 Å². The van der Waals surface area contributed by atoms with Crippen LogP contribution in [0.25, 0.3) is 0 Å². The molecule has 0 aromatic rings. The predicted octanol–water partition coefficient (Wildman–Crippen LogP) is 0.975. The minimum Gasteiger partial charge on any atom is -0.120 e. The minimum absolute atomic E-state index is 0.361. The lowest BCUT2D eigenvalue weighted by molar-refractivity contribution is 0.913. The molecule has 0 aliphatic carbocycles. The summed E-state index contributed by atoms with van der Waals surface area (Å²) in [5, 5.41) is 0. The standard InChI is InChI=1S/C5H6S4/c1-2-5-3-8-9(6,7)4-5/h1,5H,3-4H2. The van der Waals surface area contributed by atoms with Gasteiger partial charge < -0.3 is 0 Å². The zero-order valence-electron chi connectivity index (χ0n) is 4.70. The first-order chi connectivity index (χ1) is 4.14. The lowest BCUT2D eigenvalue weighted by Gasteiger charge is -1.93. The number of hydrogen-bond acceptors (Lipinski definition) is 3. The molecule has 0 radical (unpaired) electrons. The third-order valence-electron chi connectivity index (χ3n) is 1.09. The summed E-state index contributed by atoms with van der Waals surface area (Å²) in [6.07, 6.45) is 4.05. The zero-order chi connectivity index (χ0) is 6.91. The van der Waals surface area contributed by atoms with E-state index in [4.69, 9.17) is 28.8 Å². The van der Waals surface area contributed by atoms with Crippen molar-refractivity contribution < 1.29 is 0 Å². The number of terminal acetylenes is 1.